The van der Waals surface area contributed by atoms with Crippen LogP contribution < -0.4 is 0 Å². The minimum absolute atomic E-state index is 0.0919. The van der Waals surface area contributed by atoms with Gasteiger partial charge in [0.25, 0.3) is 0 Å². The van der Waals surface area contributed by atoms with Crippen LogP contribution in [0.3, 0.4) is 0 Å². The van der Waals surface area contributed by atoms with Crippen molar-refractivity contribution in [1.82, 2.24) is 0 Å². The Labute approximate surface area is 86.8 Å². The molecule has 0 saturated carbocycles. The first-order valence-electron chi connectivity index (χ1n) is 5.55. The zero-order chi connectivity index (χ0) is 10.2. The summed E-state index contributed by atoms with van der Waals surface area (Å²) >= 11 is 0. The minimum Gasteiger partial charge on any atom is -0.393 e. The molecule has 1 atom stereocenters. The van der Waals surface area contributed by atoms with Gasteiger partial charge in [0, 0.05) is 0 Å². The highest BCUT2D eigenvalue weighted by Gasteiger charge is 1.99. The maximum absolute atomic E-state index is 9.36. The Hall–Kier alpha value is -0.820. The van der Waals surface area contributed by atoms with E-state index in [-0.39, 0.29) is 6.10 Å². The van der Waals surface area contributed by atoms with Crippen LogP contribution in [0, 0.1) is 0 Å². The molecule has 14 heavy (non-hydrogen) atoms. The van der Waals surface area contributed by atoms with E-state index in [0.717, 1.165) is 25.7 Å². The maximum atomic E-state index is 9.36. The molecular formula is C13H20O. The van der Waals surface area contributed by atoms with Crippen molar-refractivity contribution in [1.29, 1.82) is 0 Å². The third kappa shape index (κ3) is 4.43. The highest BCUT2D eigenvalue weighted by Crippen LogP contribution is 2.08. The first kappa shape index (κ1) is 11.3. The minimum atomic E-state index is -0.0919. The van der Waals surface area contributed by atoms with Gasteiger partial charge in [0.05, 0.1) is 6.10 Å². The van der Waals surface area contributed by atoms with E-state index in [4.69, 9.17) is 0 Å². The normalized spacial score (nSPS) is 12.7. The summed E-state index contributed by atoms with van der Waals surface area (Å²) in [6.45, 7) is 2.03. The molecule has 1 heteroatoms. The van der Waals surface area contributed by atoms with Gasteiger partial charge in [0.15, 0.2) is 0 Å². The van der Waals surface area contributed by atoms with E-state index in [0.29, 0.717) is 0 Å². The van der Waals surface area contributed by atoms with E-state index in [9.17, 15) is 5.11 Å². The number of aliphatic hydroxyl groups excluding tert-OH is 1. The van der Waals surface area contributed by atoms with Crippen LogP contribution in [0.15, 0.2) is 30.3 Å². The molecule has 0 heterocycles. The van der Waals surface area contributed by atoms with E-state index in [1.165, 1.54) is 12.0 Å². The topological polar surface area (TPSA) is 20.2 Å². The third-order valence-corrected chi connectivity index (χ3v) is 2.57. The molecule has 0 saturated heterocycles. The van der Waals surface area contributed by atoms with Crippen molar-refractivity contribution in [2.45, 2.75) is 45.1 Å². The van der Waals surface area contributed by atoms with Gasteiger partial charge >= 0.3 is 0 Å². The molecule has 0 amide bonds. The van der Waals surface area contributed by atoms with Gasteiger partial charge in [-0.3, -0.25) is 0 Å². The van der Waals surface area contributed by atoms with Gasteiger partial charge in [0.1, 0.15) is 0 Å². The number of aryl methyl sites for hydroxylation is 1. The summed E-state index contributed by atoms with van der Waals surface area (Å²) in [6.07, 6.45) is 5.18. The predicted octanol–water partition coefficient (Wildman–Crippen LogP) is 3.17. The highest BCUT2D eigenvalue weighted by molar-refractivity contribution is 5.14. The summed E-state index contributed by atoms with van der Waals surface area (Å²) in [4.78, 5) is 0. The molecule has 1 N–H and O–H groups in total. The SMILES string of the molecule is CC[C@H](O)CCCCc1ccccc1. The summed E-state index contributed by atoms with van der Waals surface area (Å²) in [5.74, 6) is 0. The summed E-state index contributed by atoms with van der Waals surface area (Å²) < 4.78 is 0. The summed E-state index contributed by atoms with van der Waals surface area (Å²) in [5.41, 5.74) is 1.40. The smallest absolute Gasteiger partial charge is 0.0537 e. The molecule has 1 aromatic carbocycles. The lowest BCUT2D eigenvalue weighted by Crippen LogP contribution is -2.03. The van der Waals surface area contributed by atoms with Crippen LogP contribution >= 0.6 is 0 Å². The third-order valence-electron chi connectivity index (χ3n) is 2.57. The Morgan fingerprint density at radius 2 is 1.86 bits per heavy atom. The second-order valence-electron chi connectivity index (χ2n) is 3.79. The second-order valence-corrected chi connectivity index (χ2v) is 3.79. The van der Waals surface area contributed by atoms with Gasteiger partial charge in [-0.25, -0.2) is 0 Å². The predicted molar refractivity (Wildman–Crippen MR) is 60.3 cm³/mol. The molecule has 1 aromatic rings. The van der Waals surface area contributed by atoms with Gasteiger partial charge < -0.3 is 5.11 Å². The van der Waals surface area contributed by atoms with E-state index >= 15 is 0 Å². The first-order valence-corrected chi connectivity index (χ1v) is 5.55. The van der Waals surface area contributed by atoms with Crippen molar-refractivity contribution in [3.05, 3.63) is 35.9 Å². The average molecular weight is 192 g/mol. The van der Waals surface area contributed by atoms with Gasteiger partial charge in [-0.1, -0.05) is 43.7 Å². The van der Waals surface area contributed by atoms with Crippen molar-refractivity contribution >= 4 is 0 Å². The molecule has 0 bridgehead atoms. The number of rotatable bonds is 6. The Kier molecular flexibility index (Phi) is 5.31. The molecule has 1 rings (SSSR count). The van der Waals surface area contributed by atoms with Gasteiger partial charge in [0.2, 0.25) is 0 Å². The number of hydrogen-bond acceptors (Lipinski definition) is 1. The van der Waals surface area contributed by atoms with Crippen molar-refractivity contribution in [3.63, 3.8) is 0 Å². The maximum Gasteiger partial charge on any atom is 0.0537 e. The van der Waals surface area contributed by atoms with Gasteiger partial charge in [-0.15, -0.1) is 0 Å². The molecule has 0 aliphatic heterocycles. The van der Waals surface area contributed by atoms with Crippen LogP contribution in [0.2, 0.25) is 0 Å². The zero-order valence-electron chi connectivity index (χ0n) is 8.95. The summed E-state index contributed by atoms with van der Waals surface area (Å²) in [7, 11) is 0. The monoisotopic (exact) mass is 192 g/mol. The second kappa shape index (κ2) is 6.61. The van der Waals surface area contributed by atoms with Crippen LogP contribution in [0.5, 0.6) is 0 Å². The first-order chi connectivity index (χ1) is 6.83. The number of unbranched alkanes of at least 4 members (excludes halogenated alkanes) is 1. The molecule has 0 aliphatic carbocycles. The lowest BCUT2D eigenvalue weighted by molar-refractivity contribution is 0.157. The molecule has 78 valence electrons. The van der Waals surface area contributed by atoms with Crippen molar-refractivity contribution in [3.8, 4) is 0 Å². The largest absolute Gasteiger partial charge is 0.393 e. The molecular weight excluding hydrogens is 172 g/mol. The Morgan fingerprint density at radius 1 is 1.14 bits per heavy atom. The van der Waals surface area contributed by atoms with Crippen LogP contribution in [0.1, 0.15) is 38.2 Å². The standard InChI is InChI=1S/C13H20O/c1-2-13(14)11-7-6-10-12-8-4-3-5-9-12/h3-5,8-9,13-14H,2,6-7,10-11H2,1H3/t13-/m0/s1. The van der Waals surface area contributed by atoms with Crippen LogP contribution in [0.25, 0.3) is 0 Å². The molecule has 0 radical (unpaired) electrons. The summed E-state index contributed by atoms with van der Waals surface area (Å²) in [5, 5.41) is 9.36. The Balaban J connectivity index is 2.10. The fraction of sp³-hybridized carbons (Fsp3) is 0.538. The molecule has 0 unspecified atom stereocenters. The van der Waals surface area contributed by atoms with E-state index in [1.807, 2.05) is 13.0 Å². The fourth-order valence-corrected chi connectivity index (χ4v) is 1.56. The van der Waals surface area contributed by atoms with E-state index < -0.39 is 0 Å². The zero-order valence-corrected chi connectivity index (χ0v) is 8.95. The number of benzene rings is 1. The van der Waals surface area contributed by atoms with Gasteiger partial charge in [-0.05, 0) is 31.2 Å². The molecule has 0 aliphatic rings. The number of aliphatic hydroxyl groups is 1. The quantitative estimate of drug-likeness (QED) is 0.686. The van der Waals surface area contributed by atoms with Crippen molar-refractivity contribution < 1.29 is 5.11 Å². The summed E-state index contributed by atoms with van der Waals surface area (Å²) in [6, 6.07) is 10.5. The lowest BCUT2D eigenvalue weighted by atomic mass is 10.0. The van der Waals surface area contributed by atoms with E-state index in [2.05, 4.69) is 24.3 Å². The molecule has 0 aromatic heterocycles. The Bertz CT molecular complexity index is 230. The van der Waals surface area contributed by atoms with Crippen molar-refractivity contribution in [2.75, 3.05) is 0 Å². The van der Waals surface area contributed by atoms with Crippen LogP contribution in [-0.2, 0) is 6.42 Å². The molecule has 1 nitrogen and oxygen atoms in total. The fourth-order valence-electron chi connectivity index (χ4n) is 1.56. The van der Waals surface area contributed by atoms with E-state index in [1.54, 1.807) is 0 Å². The Morgan fingerprint density at radius 3 is 2.50 bits per heavy atom. The highest BCUT2D eigenvalue weighted by atomic mass is 16.3. The lowest BCUT2D eigenvalue weighted by Gasteiger charge is -2.06. The molecule has 0 spiro atoms. The molecule has 0 fully saturated rings. The van der Waals surface area contributed by atoms with Crippen LogP contribution in [-0.4, -0.2) is 11.2 Å². The number of hydrogen-bond donors (Lipinski definition) is 1. The average Bonchev–Trinajstić information content (AvgIpc) is 2.25. The van der Waals surface area contributed by atoms with Gasteiger partial charge in [-0.2, -0.15) is 0 Å². The van der Waals surface area contributed by atoms with Crippen molar-refractivity contribution in [2.24, 2.45) is 0 Å². The van der Waals surface area contributed by atoms with Crippen LogP contribution in [0.4, 0.5) is 0 Å².